The van der Waals surface area contributed by atoms with E-state index in [0.29, 0.717) is 35.4 Å². The van der Waals surface area contributed by atoms with Gasteiger partial charge in [0, 0.05) is 25.2 Å². The van der Waals surface area contributed by atoms with Crippen LogP contribution in [0.4, 0.5) is 11.8 Å². The summed E-state index contributed by atoms with van der Waals surface area (Å²) in [5.74, 6) is 2.20. The van der Waals surface area contributed by atoms with Crippen LogP contribution in [0.5, 0.6) is 5.75 Å². The van der Waals surface area contributed by atoms with Crippen molar-refractivity contribution in [2.24, 2.45) is 11.8 Å². The number of nitrogens with zero attached hydrogens (tertiary/aromatic N) is 4. The first-order chi connectivity index (χ1) is 13.0. The number of ether oxygens (including phenoxy) is 1. The fourth-order valence-electron chi connectivity index (χ4n) is 3.85. The van der Waals surface area contributed by atoms with E-state index in [1.165, 1.54) is 6.42 Å². The zero-order valence-corrected chi connectivity index (χ0v) is 15.9. The summed E-state index contributed by atoms with van der Waals surface area (Å²) in [6.45, 7) is 8.23. The largest absolute Gasteiger partial charge is 0.492 e. The molecule has 142 valence electrons. The molecule has 1 aromatic carbocycles. The third-order valence-electron chi connectivity index (χ3n) is 4.82. The van der Waals surface area contributed by atoms with Gasteiger partial charge in [-0.2, -0.15) is 10.2 Å². The maximum absolute atomic E-state index is 9.44. The van der Waals surface area contributed by atoms with E-state index in [0.717, 1.165) is 19.6 Å². The maximum atomic E-state index is 9.44. The van der Waals surface area contributed by atoms with Crippen molar-refractivity contribution in [2.45, 2.75) is 20.3 Å². The van der Waals surface area contributed by atoms with Gasteiger partial charge in [-0.05, 0) is 30.4 Å². The Morgan fingerprint density at radius 3 is 2.59 bits per heavy atom. The lowest BCUT2D eigenvalue weighted by molar-refractivity contribution is 0.121. The molecule has 1 aliphatic heterocycles. The van der Waals surface area contributed by atoms with Crippen LogP contribution in [0, 0.1) is 23.2 Å². The molecule has 0 amide bonds. The molecule has 0 saturated carbocycles. The van der Waals surface area contributed by atoms with Crippen LogP contribution in [0.1, 0.15) is 25.8 Å². The van der Waals surface area contributed by atoms with E-state index in [1.807, 2.05) is 24.3 Å². The lowest BCUT2D eigenvalue weighted by Crippen LogP contribution is -2.40. The third-order valence-corrected chi connectivity index (χ3v) is 4.82. The Morgan fingerprint density at radius 2 is 1.89 bits per heavy atom. The smallest absolute Gasteiger partial charge is 0.222 e. The van der Waals surface area contributed by atoms with Gasteiger partial charge < -0.3 is 16.2 Å². The number of benzene rings is 1. The monoisotopic (exact) mass is 366 g/mol. The van der Waals surface area contributed by atoms with Crippen molar-refractivity contribution in [3.05, 3.63) is 29.8 Å². The molecule has 1 aromatic heterocycles. The van der Waals surface area contributed by atoms with Crippen LogP contribution in [0.15, 0.2) is 24.3 Å². The SMILES string of the molecule is CC1CC(C)CN(CCOc2ccccc2-c2nc(N)nc(N)c2C#N)C1. The quantitative estimate of drug-likeness (QED) is 0.835. The fraction of sp³-hybridized carbons (Fsp3) is 0.450. The Balaban J connectivity index is 1.77. The number of rotatable bonds is 5. The maximum Gasteiger partial charge on any atom is 0.222 e. The van der Waals surface area contributed by atoms with Crippen LogP contribution >= 0.6 is 0 Å². The number of nitriles is 1. The van der Waals surface area contributed by atoms with Gasteiger partial charge in [-0.15, -0.1) is 0 Å². The highest BCUT2D eigenvalue weighted by Gasteiger charge is 2.22. The van der Waals surface area contributed by atoms with E-state index < -0.39 is 0 Å². The molecule has 2 aromatic rings. The summed E-state index contributed by atoms with van der Waals surface area (Å²) >= 11 is 0. The van der Waals surface area contributed by atoms with Gasteiger partial charge in [0.15, 0.2) is 0 Å². The van der Waals surface area contributed by atoms with Gasteiger partial charge in [0.1, 0.15) is 29.8 Å². The molecule has 7 nitrogen and oxygen atoms in total. The molecule has 3 rings (SSSR count). The molecule has 7 heteroatoms. The molecule has 1 aliphatic rings. The van der Waals surface area contributed by atoms with Crippen molar-refractivity contribution in [2.75, 3.05) is 37.7 Å². The lowest BCUT2D eigenvalue weighted by atomic mass is 9.92. The first-order valence-corrected chi connectivity index (χ1v) is 9.25. The van der Waals surface area contributed by atoms with Gasteiger partial charge >= 0.3 is 0 Å². The molecule has 4 N–H and O–H groups in total. The van der Waals surface area contributed by atoms with E-state index in [4.69, 9.17) is 16.2 Å². The summed E-state index contributed by atoms with van der Waals surface area (Å²) in [5, 5.41) is 9.44. The summed E-state index contributed by atoms with van der Waals surface area (Å²) in [5.41, 5.74) is 12.9. The fourth-order valence-corrected chi connectivity index (χ4v) is 3.85. The molecule has 27 heavy (non-hydrogen) atoms. The van der Waals surface area contributed by atoms with Gasteiger partial charge in [0.2, 0.25) is 5.95 Å². The first-order valence-electron chi connectivity index (χ1n) is 9.25. The van der Waals surface area contributed by atoms with Crippen molar-refractivity contribution in [3.63, 3.8) is 0 Å². The number of nitrogens with two attached hydrogens (primary N) is 2. The predicted molar refractivity (Wildman–Crippen MR) is 106 cm³/mol. The van der Waals surface area contributed by atoms with Crippen molar-refractivity contribution < 1.29 is 4.74 Å². The molecule has 1 fully saturated rings. The van der Waals surface area contributed by atoms with Gasteiger partial charge in [0.25, 0.3) is 0 Å². The Labute approximate surface area is 160 Å². The average Bonchev–Trinajstić information content (AvgIpc) is 2.61. The van der Waals surface area contributed by atoms with Crippen LogP contribution in [0.25, 0.3) is 11.3 Å². The van der Waals surface area contributed by atoms with E-state index in [9.17, 15) is 5.26 Å². The Morgan fingerprint density at radius 1 is 1.19 bits per heavy atom. The van der Waals surface area contributed by atoms with Crippen LogP contribution in [-0.2, 0) is 0 Å². The number of para-hydroxylation sites is 1. The Hall–Kier alpha value is -2.85. The van der Waals surface area contributed by atoms with Gasteiger partial charge in [-0.25, -0.2) is 4.98 Å². The average molecular weight is 366 g/mol. The zero-order chi connectivity index (χ0) is 19.4. The van der Waals surface area contributed by atoms with E-state index >= 15 is 0 Å². The molecule has 2 unspecified atom stereocenters. The van der Waals surface area contributed by atoms with Crippen molar-refractivity contribution >= 4 is 11.8 Å². The number of aromatic nitrogens is 2. The van der Waals surface area contributed by atoms with Crippen molar-refractivity contribution in [3.8, 4) is 23.1 Å². The molecular weight excluding hydrogens is 340 g/mol. The highest BCUT2D eigenvalue weighted by atomic mass is 16.5. The van der Waals surface area contributed by atoms with Gasteiger partial charge in [-0.3, -0.25) is 4.90 Å². The summed E-state index contributed by atoms with van der Waals surface area (Å²) in [4.78, 5) is 10.5. The Bertz CT molecular complexity index is 837. The number of nitrogen functional groups attached to an aromatic ring is 2. The van der Waals surface area contributed by atoms with Crippen LogP contribution in [-0.4, -0.2) is 41.1 Å². The second-order valence-corrected chi connectivity index (χ2v) is 7.35. The summed E-state index contributed by atoms with van der Waals surface area (Å²) in [7, 11) is 0. The second-order valence-electron chi connectivity index (χ2n) is 7.35. The minimum Gasteiger partial charge on any atom is -0.492 e. The summed E-state index contributed by atoms with van der Waals surface area (Å²) in [6.07, 6.45) is 1.29. The Kier molecular flexibility index (Phi) is 5.77. The number of piperidine rings is 1. The van der Waals surface area contributed by atoms with E-state index in [2.05, 4.69) is 34.8 Å². The number of likely N-dealkylation sites (tertiary alicyclic amines) is 1. The molecule has 0 spiro atoms. The third kappa shape index (κ3) is 4.47. The molecule has 2 heterocycles. The molecule has 1 saturated heterocycles. The van der Waals surface area contributed by atoms with Gasteiger partial charge in [-0.1, -0.05) is 26.0 Å². The standard InChI is InChI=1S/C20H26N6O/c1-13-9-14(2)12-26(11-13)7-8-27-17-6-4-3-5-15(17)18-16(10-21)19(22)25-20(23)24-18/h3-6,13-14H,7-9,11-12H2,1-2H3,(H4,22,23,24,25). The topological polar surface area (TPSA) is 114 Å². The van der Waals surface area contributed by atoms with Crippen molar-refractivity contribution in [1.29, 1.82) is 5.26 Å². The molecular formula is C20H26N6O. The minimum absolute atomic E-state index is 0.0348. The molecule has 0 bridgehead atoms. The number of hydrogen-bond donors (Lipinski definition) is 2. The van der Waals surface area contributed by atoms with Crippen LogP contribution in [0.3, 0.4) is 0 Å². The first kappa shape index (κ1) is 18.9. The van der Waals surface area contributed by atoms with Crippen LogP contribution in [0.2, 0.25) is 0 Å². The number of hydrogen-bond acceptors (Lipinski definition) is 7. The van der Waals surface area contributed by atoms with Crippen molar-refractivity contribution in [1.82, 2.24) is 14.9 Å². The van der Waals surface area contributed by atoms with E-state index in [1.54, 1.807) is 0 Å². The number of anilines is 2. The highest BCUT2D eigenvalue weighted by Crippen LogP contribution is 2.32. The van der Waals surface area contributed by atoms with Gasteiger partial charge in [0.05, 0.1) is 5.69 Å². The second kappa shape index (κ2) is 8.23. The molecule has 0 radical (unpaired) electrons. The molecule has 0 aliphatic carbocycles. The summed E-state index contributed by atoms with van der Waals surface area (Å²) < 4.78 is 6.05. The predicted octanol–water partition coefficient (Wildman–Crippen LogP) is 2.54. The zero-order valence-electron chi connectivity index (χ0n) is 15.9. The lowest BCUT2D eigenvalue weighted by Gasteiger charge is -2.34. The molecule has 2 atom stereocenters. The minimum atomic E-state index is 0.0348. The van der Waals surface area contributed by atoms with Crippen LogP contribution < -0.4 is 16.2 Å². The highest BCUT2D eigenvalue weighted by molar-refractivity contribution is 5.77. The van der Waals surface area contributed by atoms with E-state index in [-0.39, 0.29) is 17.3 Å². The normalized spacial score (nSPS) is 20.2. The summed E-state index contributed by atoms with van der Waals surface area (Å²) in [6, 6.07) is 9.54.